The molecule has 8 heteroatoms. The Balaban J connectivity index is 1.40. The van der Waals surface area contributed by atoms with Gasteiger partial charge in [-0.1, -0.05) is 12.1 Å². The number of H-pyrrole nitrogens is 1. The zero-order valence-electron chi connectivity index (χ0n) is 16.8. The topological polar surface area (TPSA) is 84.6 Å². The smallest absolute Gasteiger partial charge is 0.245 e. The number of nitrogens with one attached hydrogen (secondary N) is 1. The molecule has 3 aromatic heterocycles. The van der Waals surface area contributed by atoms with E-state index in [4.69, 9.17) is 10.1 Å². The minimum atomic E-state index is -0.273. The van der Waals surface area contributed by atoms with Gasteiger partial charge in [0.05, 0.1) is 29.8 Å². The number of carbonyl (C=O) groups is 1. The lowest BCUT2D eigenvalue weighted by atomic mass is 10.2. The molecule has 1 aromatic carbocycles. The summed E-state index contributed by atoms with van der Waals surface area (Å²) in [6.45, 7) is 7.75. The standard InChI is InChI=1S/C21H23N7O/c1-13-5-4-6-17-19(13)24-20(23-17)18-11-16-12-26(9-10-28(16)25-18)21(29)14(2)27-8-7-22-15(27)3/h4-8,11,14H,9-10,12H2,1-3H3,(H,23,24)/t14-/m1/s1. The zero-order valence-corrected chi connectivity index (χ0v) is 16.8. The highest BCUT2D eigenvalue weighted by Gasteiger charge is 2.27. The van der Waals surface area contributed by atoms with Crippen LogP contribution in [0.2, 0.25) is 0 Å². The number of hydrogen-bond donors (Lipinski definition) is 1. The van der Waals surface area contributed by atoms with Crippen LogP contribution in [0.15, 0.2) is 36.7 Å². The van der Waals surface area contributed by atoms with Crippen LogP contribution in [0.1, 0.15) is 30.0 Å². The van der Waals surface area contributed by atoms with Crippen molar-refractivity contribution in [1.29, 1.82) is 0 Å². The molecule has 1 aliphatic rings. The third-order valence-electron chi connectivity index (χ3n) is 5.70. The fraction of sp³-hybridized carbons (Fsp3) is 0.333. The van der Waals surface area contributed by atoms with Crippen LogP contribution in [0.3, 0.4) is 0 Å². The molecule has 1 N–H and O–H groups in total. The molecule has 0 fully saturated rings. The highest BCUT2D eigenvalue weighted by atomic mass is 16.2. The predicted octanol–water partition coefficient (Wildman–Crippen LogP) is 2.84. The third-order valence-corrected chi connectivity index (χ3v) is 5.70. The van der Waals surface area contributed by atoms with Gasteiger partial charge in [-0.25, -0.2) is 9.97 Å². The fourth-order valence-corrected chi connectivity index (χ4v) is 4.05. The van der Waals surface area contributed by atoms with Gasteiger partial charge in [0.25, 0.3) is 0 Å². The van der Waals surface area contributed by atoms with Gasteiger partial charge in [0.1, 0.15) is 17.6 Å². The van der Waals surface area contributed by atoms with Crippen molar-refractivity contribution in [3.8, 4) is 11.5 Å². The van der Waals surface area contributed by atoms with E-state index in [0.717, 1.165) is 39.6 Å². The lowest BCUT2D eigenvalue weighted by Crippen LogP contribution is -2.41. The van der Waals surface area contributed by atoms with Crippen molar-refractivity contribution in [2.45, 2.75) is 39.9 Å². The van der Waals surface area contributed by atoms with Crippen LogP contribution in [0, 0.1) is 13.8 Å². The van der Waals surface area contributed by atoms with Gasteiger partial charge < -0.3 is 14.5 Å². The van der Waals surface area contributed by atoms with Crippen molar-refractivity contribution >= 4 is 16.9 Å². The summed E-state index contributed by atoms with van der Waals surface area (Å²) in [5.74, 6) is 1.70. The molecule has 0 spiro atoms. The summed E-state index contributed by atoms with van der Waals surface area (Å²) in [7, 11) is 0. The summed E-state index contributed by atoms with van der Waals surface area (Å²) in [5, 5.41) is 4.72. The number of nitrogens with zero attached hydrogens (tertiary/aromatic N) is 6. The number of benzene rings is 1. The minimum Gasteiger partial charge on any atom is -0.337 e. The molecule has 1 amide bonds. The third kappa shape index (κ3) is 2.91. The molecule has 148 valence electrons. The first-order chi connectivity index (χ1) is 14.0. The van der Waals surface area contributed by atoms with Crippen LogP contribution < -0.4 is 0 Å². The maximum atomic E-state index is 13.0. The van der Waals surface area contributed by atoms with Gasteiger partial charge in [-0.05, 0) is 38.5 Å². The first kappa shape index (κ1) is 17.7. The monoisotopic (exact) mass is 389 g/mol. The largest absolute Gasteiger partial charge is 0.337 e. The molecule has 4 heterocycles. The lowest BCUT2D eigenvalue weighted by Gasteiger charge is -2.30. The first-order valence-electron chi connectivity index (χ1n) is 9.82. The summed E-state index contributed by atoms with van der Waals surface area (Å²) in [4.78, 5) is 27.2. The predicted molar refractivity (Wildman–Crippen MR) is 109 cm³/mol. The molecule has 0 bridgehead atoms. The van der Waals surface area contributed by atoms with Crippen LogP contribution in [0.25, 0.3) is 22.6 Å². The number of hydrogen-bond acceptors (Lipinski definition) is 4. The van der Waals surface area contributed by atoms with Crippen molar-refractivity contribution in [2.75, 3.05) is 6.54 Å². The number of imidazole rings is 2. The average molecular weight is 389 g/mol. The molecule has 0 saturated carbocycles. The number of para-hydroxylation sites is 1. The Kier molecular flexibility index (Phi) is 4.01. The normalized spacial score (nSPS) is 14.9. The van der Waals surface area contributed by atoms with E-state index in [1.807, 2.05) is 52.4 Å². The second-order valence-electron chi connectivity index (χ2n) is 7.62. The number of carbonyl (C=O) groups excluding carboxylic acids is 1. The first-order valence-corrected chi connectivity index (χ1v) is 9.82. The SMILES string of the molecule is Cc1cccc2[nH]c(-c3cc4n(n3)CCN(C(=O)[C@@H](C)n3ccnc3C)C4)nc12. The van der Waals surface area contributed by atoms with Gasteiger partial charge in [0, 0.05) is 18.9 Å². The minimum absolute atomic E-state index is 0.0967. The molecule has 1 aliphatic heterocycles. The van der Waals surface area contributed by atoms with Gasteiger partial charge in [0.15, 0.2) is 5.82 Å². The highest BCUT2D eigenvalue weighted by Crippen LogP contribution is 2.25. The zero-order chi connectivity index (χ0) is 20.1. The Morgan fingerprint density at radius 3 is 2.86 bits per heavy atom. The molecule has 5 rings (SSSR count). The van der Waals surface area contributed by atoms with E-state index in [1.54, 1.807) is 6.20 Å². The van der Waals surface area contributed by atoms with Crippen molar-refractivity contribution in [3.05, 3.63) is 53.7 Å². The Labute approximate surface area is 168 Å². The summed E-state index contributed by atoms with van der Waals surface area (Å²) in [6, 6.07) is 7.85. The van der Waals surface area contributed by atoms with Gasteiger partial charge in [-0.15, -0.1) is 0 Å². The number of rotatable bonds is 3. The van der Waals surface area contributed by atoms with E-state index < -0.39 is 0 Å². The number of aryl methyl sites for hydroxylation is 2. The van der Waals surface area contributed by atoms with Crippen molar-refractivity contribution in [1.82, 2.24) is 34.2 Å². The van der Waals surface area contributed by atoms with E-state index in [9.17, 15) is 4.79 Å². The van der Waals surface area contributed by atoms with Crippen LogP contribution in [-0.4, -0.2) is 46.7 Å². The molecule has 0 radical (unpaired) electrons. The Morgan fingerprint density at radius 2 is 2.10 bits per heavy atom. The highest BCUT2D eigenvalue weighted by molar-refractivity contribution is 5.82. The van der Waals surface area contributed by atoms with Crippen molar-refractivity contribution in [3.63, 3.8) is 0 Å². The summed E-state index contributed by atoms with van der Waals surface area (Å²) in [6.07, 6.45) is 3.58. The molecular weight excluding hydrogens is 366 g/mol. The Bertz CT molecular complexity index is 1220. The van der Waals surface area contributed by atoms with Gasteiger partial charge in [0.2, 0.25) is 5.91 Å². The quantitative estimate of drug-likeness (QED) is 0.584. The molecule has 1 atom stereocenters. The van der Waals surface area contributed by atoms with Gasteiger partial charge in [-0.3, -0.25) is 9.48 Å². The molecule has 29 heavy (non-hydrogen) atoms. The van der Waals surface area contributed by atoms with E-state index in [-0.39, 0.29) is 11.9 Å². The molecule has 0 saturated heterocycles. The number of aromatic nitrogens is 6. The number of amides is 1. The van der Waals surface area contributed by atoms with Crippen LogP contribution in [-0.2, 0) is 17.9 Å². The second kappa shape index (κ2) is 6.58. The molecule has 8 nitrogen and oxygen atoms in total. The number of fused-ring (bicyclic) bond motifs is 2. The second-order valence-corrected chi connectivity index (χ2v) is 7.62. The summed E-state index contributed by atoms with van der Waals surface area (Å²) >= 11 is 0. The summed E-state index contributed by atoms with van der Waals surface area (Å²) in [5.41, 5.74) is 4.94. The van der Waals surface area contributed by atoms with E-state index in [1.165, 1.54) is 0 Å². The van der Waals surface area contributed by atoms with E-state index in [2.05, 4.69) is 23.0 Å². The van der Waals surface area contributed by atoms with E-state index >= 15 is 0 Å². The molecule has 0 aliphatic carbocycles. The summed E-state index contributed by atoms with van der Waals surface area (Å²) < 4.78 is 3.89. The maximum absolute atomic E-state index is 13.0. The lowest BCUT2D eigenvalue weighted by molar-refractivity contribution is -0.135. The van der Waals surface area contributed by atoms with Crippen LogP contribution in [0.5, 0.6) is 0 Å². The molecule has 0 unspecified atom stereocenters. The average Bonchev–Trinajstić information content (AvgIpc) is 3.43. The molecular formula is C21H23N7O. The maximum Gasteiger partial charge on any atom is 0.245 e. The Hall–Kier alpha value is -3.42. The Morgan fingerprint density at radius 1 is 1.24 bits per heavy atom. The van der Waals surface area contributed by atoms with Crippen LogP contribution >= 0.6 is 0 Å². The van der Waals surface area contributed by atoms with Crippen molar-refractivity contribution < 1.29 is 4.79 Å². The molecule has 4 aromatic rings. The van der Waals surface area contributed by atoms with Gasteiger partial charge >= 0.3 is 0 Å². The number of aromatic amines is 1. The van der Waals surface area contributed by atoms with Crippen LogP contribution in [0.4, 0.5) is 0 Å². The van der Waals surface area contributed by atoms with Crippen molar-refractivity contribution in [2.24, 2.45) is 0 Å². The van der Waals surface area contributed by atoms with E-state index in [0.29, 0.717) is 19.6 Å². The fourth-order valence-electron chi connectivity index (χ4n) is 4.05. The van der Waals surface area contributed by atoms with Gasteiger partial charge in [-0.2, -0.15) is 5.10 Å².